The van der Waals surface area contributed by atoms with E-state index in [1.54, 1.807) is 6.07 Å². The molecule has 128 valence electrons. The van der Waals surface area contributed by atoms with Gasteiger partial charge in [-0.3, -0.25) is 9.69 Å². The summed E-state index contributed by atoms with van der Waals surface area (Å²) in [6.45, 7) is 4.55. The lowest BCUT2D eigenvalue weighted by Crippen LogP contribution is -2.49. The third kappa shape index (κ3) is 4.01. The van der Waals surface area contributed by atoms with Crippen molar-refractivity contribution in [2.75, 3.05) is 26.2 Å². The topological polar surface area (TPSA) is 47.3 Å². The lowest BCUT2D eigenvalue weighted by Gasteiger charge is -2.37. The van der Waals surface area contributed by atoms with E-state index in [4.69, 9.17) is 11.6 Å². The Balaban J connectivity index is 1.67. The van der Waals surface area contributed by atoms with Gasteiger partial charge in [0.25, 0.3) is 5.91 Å². The van der Waals surface area contributed by atoms with Crippen molar-refractivity contribution in [3.8, 4) is 6.07 Å². The van der Waals surface area contributed by atoms with Crippen molar-refractivity contribution in [2.24, 2.45) is 0 Å². The Hall–Kier alpha value is -2.35. The first-order valence-electron chi connectivity index (χ1n) is 8.33. The molecule has 1 fully saturated rings. The molecule has 2 aromatic rings. The highest BCUT2D eigenvalue weighted by Gasteiger charge is 2.27. The fourth-order valence-electron chi connectivity index (χ4n) is 3.19. The number of amides is 1. The minimum absolute atomic E-state index is 0.0552. The summed E-state index contributed by atoms with van der Waals surface area (Å²) in [6.07, 6.45) is 0. The fraction of sp³-hybridized carbons (Fsp3) is 0.300. The second kappa shape index (κ2) is 7.69. The van der Waals surface area contributed by atoms with Crippen molar-refractivity contribution in [3.05, 3.63) is 70.2 Å². The number of nitrogens with zero attached hydrogens (tertiary/aromatic N) is 3. The smallest absolute Gasteiger partial charge is 0.253 e. The number of rotatable bonds is 3. The van der Waals surface area contributed by atoms with E-state index >= 15 is 0 Å². The Kier molecular flexibility index (Phi) is 5.37. The maximum absolute atomic E-state index is 12.6. The molecule has 0 N–H and O–H groups in total. The van der Waals surface area contributed by atoms with Crippen molar-refractivity contribution in [1.82, 2.24) is 9.80 Å². The molecule has 4 nitrogen and oxygen atoms in total. The quantitative estimate of drug-likeness (QED) is 0.845. The Morgan fingerprint density at radius 2 is 1.84 bits per heavy atom. The molecule has 1 atom stereocenters. The molecule has 1 aliphatic rings. The Labute approximate surface area is 153 Å². The van der Waals surface area contributed by atoms with Crippen LogP contribution >= 0.6 is 11.6 Å². The van der Waals surface area contributed by atoms with Crippen molar-refractivity contribution in [3.63, 3.8) is 0 Å². The van der Waals surface area contributed by atoms with Crippen LogP contribution in [0.15, 0.2) is 48.5 Å². The summed E-state index contributed by atoms with van der Waals surface area (Å²) in [4.78, 5) is 16.6. The molecular formula is C20H20ClN3O. The predicted molar refractivity (Wildman–Crippen MR) is 98.5 cm³/mol. The van der Waals surface area contributed by atoms with Gasteiger partial charge in [0.15, 0.2) is 0 Å². The summed E-state index contributed by atoms with van der Waals surface area (Å²) in [6, 6.07) is 17.1. The van der Waals surface area contributed by atoms with Crippen LogP contribution in [-0.4, -0.2) is 41.9 Å². The van der Waals surface area contributed by atoms with E-state index in [1.165, 1.54) is 0 Å². The lowest BCUT2D eigenvalue weighted by atomic mass is 10.1. The number of nitriles is 1. The number of aryl methyl sites for hydroxylation is 1. The van der Waals surface area contributed by atoms with E-state index in [0.29, 0.717) is 31.2 Å². The zero-order chi connectivity index (χ0) is 17.8. The van der Waals surface area contributed by atoms with E-state index in [0.717, 1.165) is 16.7 Å². The van der Waals surface area contributed by atoms with Crippen LogP contribution < -0.4 is 0 Å². The van der Waals surface area contributed by atoms with Gasteiger partial charge in [-0.1, -0.05) is 41.4 Å². The van der Waals surface area contributed by atoms with Gasteiger partial charge in [-0.05, 0) is 36.8 Å². The second-order valence-corrected chi connectivity index (χ2v) is 6.72. The summed E-state index contributed by atoms with van der Waals surface area (Å²) in [5, 5.41) is 10.2. The van der Waals surface area contributed by atoms with E-state index < -0.39 is 0 Å². The largest absolute Gasteiger partial charge is 0.336 e. The van der Waals surface area contributed by atoms with E-state index in [-0.39, 0.29) is 11.9 Å². The molecule has 1 aliphatic heterocycles. The van der Waals surface area contributed by atoms with Crippen LogP contribution in [0.1, 0.15) is 27.5 Å². The van der Waals surface area contributed by atoms with E-state index in [9.17, 15) is 10.1 Å². The van der Waals surface area contributed by atoms with E-state index in [2.05, 4.69) is 11.0 Å². The van der Waals surface area contributed by atoms with Crippen molar-refractivity contribution in [1.29, 1.82) is 5.26 Å². The Bertz CT molecular complexity index is 807. The molecule has 3 rings (SSSR count). The summed E-state index contributed by atoms with van der Waals surface area (Å²) >= 11 is 6.05. The van der Waals surface area contributed by atoms with Crippen LogP contribution in [0, 0.1) is 18.3 Å². The number of benzene rings is 2. The molecule has 5 heteroatoms. The van der Waals surface area contributed by atoms with Crippen LogP contribution in [0.5, 0.6) is 0 Å². The minimum Gasteiger partial charge on any atom is -0.336 e. The van der Waals surface area contributed by atoms with Gasteiger partial charge in [0.1, 0.15) is 6.04 Å². The molecule has 0 aliphatic carbocycles. The first kappa shape index (κ1) is 17.5. The van der Waals surface area contributed by atoms with Crippen molar-refractivity contribution >= 4 is 17.5 Å². The second-order valence-electron chi connectivity index (χ2n) is 6.28. The van der Waals surface area contributed by atoms with Gasteiger partial charge in [0, 0.05) is 36.8 Å². The standard InChI is InChI=1S/C20H20ClN3O/c1-15-4-2-6-17(12-15)20(25)24-10-8-23(9-11-24)19(14-22)16-5-3-7-18(21)13-16/h2-7,12-13,19H,8-11H2,1H3. The summed E-state index contributed by atoms with van der Waals surface area (Å²) in [5.74, 6) is 0.0552. The number of carbonyl (C=O) groups excluding carboxylic acids is 1. The highest BCUT2D eigenvalue weighted by molar-refractivity contribution is 6.30. The first-order chi connectivity index (χ1) is 12.1. The molecule has 0 aromatic heterocycles. The van der Waals surface area contributed by atoms with Crippen LogP contribution in [0.25, 0.3) is 0 Å². The first-order valence-corrected chi connectivity index (χ1v) is 8.71. The van der Waals surface area contributed by atoms with Gasteiger partial charge >= 0.3 is 0 Å². The Morgan fingerprint density at radius 3 is 2.48 bits per heavy atom. The molecule has 1 amide bonds. The molecule has 2 aromatic carbocycles. The van der Waals surface area contributed by atoms with Crippen molar-refractivity contribution in [2.45, 2.75) is 13.0 Å². The van der Waals surface area contributed by atoms with Crippen LogP contribution in [0.2, 0.25) is 5.02 Å². The summed E-state index contributed by atoms with van der Waals surface area (Å²) in [7, 11) is 0. The molecule has 0 bridgehead atoms. The lowest BCUT2D eigenvalue weighted by molar-refractivity contribution is 0.0606. The molecule has 0 spiro atoms. The molecule has 0 radical (unpaired) electrons. The zero-order valence-corrected chi connectivity index (χ0v) is 14.9. The highest BCUT2D eigenvalue weighted by Crippen LogP contribution is 2.24. The monoisotopic (exact) mass is 353 g/mol. The van der Waals surface area contributed by atoms with Crippen molar-refractivity contribution < 1.29 is 4.79 Å². The summed E-state index contributed by atoms with van der Waals surface area (Å²) in [5.41, 5.74) is 2.70. The van der Waals surface area contributed by atoms with Gasteiger partial charge in [-0.25, -0.2) is 0 Å². The maximum Gasteiger partial charge on any atom is 0.253 e. The molecular weight excluding hydrogens is 334 g/mol. The molecule has 1 unspecified atom stereocenters. The number of hydrogen-bond donors (Lipinski definition) is 0. The number of hydrogen-bond acceptors (Lipinski definition) is 3. The Morgan fingerprint density at radius 1 is 1.12 bits per heavy atom. The zero-order valence-electron chi connectivity index (χ0n) is 14.2. The normalized spacial score (nSPS) is 16.3. The van der Waals surface area contributed by atoms with Crippen LogP contribution in [-0.2, 0) is 0 Å². The van der Waals surface area contributed by atoms with Gasteiger partial charge in [-0.15, -0.1) is 0 Å². The van der Waals surface area contributed by atoms with Gasteiger partial charge in [-0.2, -0.15) is 5.26 Å². The highest BCUT2D eigenvalue weighted by atomic mass is 35.5. The molecule has 1 saturated heterocycles. The van der Waals surface area contributed by atoms with Gasteiger partial charge in [0.2, 0.25) is 0 Å². The average molecular weight is 354 g/mol. The molecule has 0 saturated carbocycles. The number of halogens is 1. The van der Waals surface area contributed by atoms with E-state index in [1.807, 2.05) is 54.3 Å². The predicted octanol–water partition coefficient (Wildman–Crippen LogP) is 3.67. The third-order valence-corrected chi connectivity index (χ3v) is 4.75. The number of piperazine rings is 1. The SMILES string of the molecule is Cc1cccc(C(=O)N2CCN(C(C#N)c3cccc(Cl)c3)CC2)c1. The molecule has 1 heterocycles. The minimum atomic E-state index is -0.338. The van der Waals surface area contributed by atoms with Gasteiger partial charge < -0.3 is 4.90 Å². The third-order valence-electron chi connectivity index (χ3n) is 4.52. The van der Waals surface area contributed by atoms with Gasteiger partial charge in [0.05, 0.1) is 6.07 Å². The van der Waals surface area contributed by atoms with Crippen LogP contribution in [0.4, 0.5) is 0 Å². The van der Waals surface area contributed by atoms with Crippen LogP contribution in [0.3, 0.4) is 0 Å². The number of carbonyl (C=O) groups is 1. The average Bonchev–Trinajstić information content (AvgIpc) is 2.62. The summed E-state index contributed by atoms with van der Waals surface area (Å²) < 4.78 is 0. The molecule has 25 heavy (non-hydrogen) atoms. The maximum atomic E-state index is 12.6. The fourth-order valence-corrected chi connectivity index (χ4v) is 3.39.